The summed E-state index contributed by atoms with van der Waals surface area (Å²) in [6, 6.07) is 6.84. The number of piperidine rings is 1. The van der Waals surface area contributed by atoms with Crippen molar-refractivity contribution in [1.82, 2.24) is 24.5 Å². The van der Waals surface area contributed by atoms with Crippen LogP contribution in [0.15, 0.2) is 30.7 Å². The average Bonchev–Trinajstić information content (AvgIpc) is 3.43. The van der Waals surface area contributed by atoms with E-state index >= 15 is 0 Å². The summed E-state index contributed by atoms with van der Waals surface area (Å²) in [4.78, 5) is 13.8. The van der Waals surface area contributed by atoms with E-state index in [1.54, 1.807) is 4.52 Å². The van der Waals surface area contributed by atoms with Crippen molar-refractivity contribution >= 4 is 16.6 Å². The number of aromatic nitrogens is 4. The monoisotopic (exact) mass is 442 g/mol. The Morgan fingerprint density at radius 2 is 2.06 bits per heavy atom. The Hall–Kier alpha value is -3.21. The number of benzene rings is 1. The molecule has 1 aliphatic rings. The molecule has 0 aliphatic carbocycles. The van der Waals surface area contributed by atoms with Gasteiger partial charge in [-0.25, -0.2) is 21.0 Å². The number of aliphatic hydroxyl groups is 1. The molecule has 170 valence electrons. The molecule has 1 aromatic carbocycles. The second kappa shape index (κ2) is 8.62. The van der Waals surface area contributed by atoms with E-state index in [0.29, 0.717) is 24.2 Å². The Balaban J connectivity index is 1.60. The van der Waals surface area contributed by atoms with Gasteiger partial charge in [0, 0.05) is 41.3 Å². The van der Waals surface area contributed by atoms with Crippen LogP contribution in [-0.2, 0) is 6.61 Å². The zero-order chi connectivity index (χ0) is 23.1. The Morgan fingerprint density at radius 1 is 1.27 bits per heavy atom. The summed E-state index contributed by atoms with van der Waals surface area (Å²) in [5.41, 5.74) is 8.49. The van der Waals surface area contributed by atoms with Gasteiger partial charge in [-0.2, -0.15) is 5.10 Å². The van der Waals surface area contributed by atoms with Gasteiger partial charge in [-0.15, -0.1) is 0 Å². The predicted molar refractivity (Wildman–Crippen MR) is 130 cm³/mol. The molecule has 7 heteroatoms. The van der Waals surface area contributed by atoms with Crippen molar-refractivity contribution in [1.29, 1.82) is 0 Å². The fourth-order valence-corrected chi connectivity index (χ4v) is 5.36. The van der Waals surface area contributed by atoms with E-state index < -0.39 is 0 Å². The van der Waals surface area contributed by atoms with Crippen molar-refractivity contribution in [3.8, 4) is 11.3 Å². The number of fused-ring (bicyclic) bond motifs is 2. The van der Waals surface area contributed by atoms with Gasteiger partial charge in [0.15, 0.2) is 5.65 Å². The number of aromatic amines is 1. The summed E-state index contributed by atoms with van der Waals surface area (Å²) in [6.07, 6.45) is 5.73. The molecule has 0 saturated carbocycles. The highest BCUT2D eigenvalue weighted by Gasteiger charge is 2.24. The lowest BCUT2D eigenvalue weighted by atomic mass is 9.87. The van der Waals surface area contributed by atoms with Gasteiger partial charge < -0.3 is 10.1 Å². The Kier molecular flexibility index (Phi) is 5.65. The first-order valence-electron chi connectivity index (χ1n) is 11.7. The molecule has 1 fully saturated rings. The fraction of sp³-hybridized carbons (Fsp3) is 0.423. The molecule has 33 heavy (non-hydrogen) atoms. The molecule has 0 unspecified atom stereocenters. The zero-order valence-electron chi connectivity index (χ0n) is 19.5. The molecule has 5 rings (SSSR count). The number of hydrogen-bond acceptors (Lipinski definition) is 4. The number of rotatable bonds is 5. The summed E-state index contributed by atoms with van der Waals surface area (Å²) in [7, 11) is 0. The highest BCUT2D eigenvalue weighted by molar-refractivity contribution is 5.92. The maximum Gasteiger partial charge on any atom is 0.270 e. The molecular formula is C26H30N6O. The molecule has 4 heterocycles. The number of aliphatic hydroxyl groups excluding tert-OH is 1. The lowest BCUT2D eigenvalue weighted by molar-refractivity contribution is 0.232. The standard InChI is InChI=1S/C26H30N6O/c1-16(2)24-20-11-19(18-7-9-31(10-8-18)15-27-4)5-6-23(20)30-25(24)21-12-32-26(28-14-29-32)22(13-33)17(21)3/h5-6,11-12,14,16,18,30,33H,7-10,13,15H2,1-3H3. The minimum Gasteiger partial charge on any atom is -0.392 e. The van der Waals surface area contributed by atoms with Crippen LogP contribution in [-0.4, -0.2) is 49.3 Å². The summed E-state index contributed by atoms with van der Waals surface area (Å²) in [6.45, 7) is 16.0. The summed E-state index contributed by atoms with van der Waals surface area (Å²) < 4.78 is 1.76. The SMILES string of the molecule is [C-]#[N+]CN1CCC(c2ccc3[nH]c(-c4cn5ncnc5c(CO)c4C)c(C(C)C)c3c2)CC1. The average molecular weight is 443 g/mol. The van der Waals surface area contributed by atoms with Gasteiger partial charge in [0.25, 0.3) is 6.67 Å². The topological polar surface area (TPSA) is 73.8 Å². The van der Waals surface area contributed by atoms with Gasteiger partial charge >= 0.3 is 0 Å². The first-order valence-corrected chi connectivity index (χ1v) is 11.7. The third-order valence-corrected chi connectivity index (χ3v) is 7.15. The minimum atomic E-state index is -0.0740. The lowest BCUT2D eigenvalue weighted by Crippen LogP contribution is -2.32. The molecule has 0 bridgehead atoms. The molecule has 0 atom stereocenters. The van der Waals surface area contributed by atoms with E-state index in [9.17, 15) is 5.11 Å². The molecule has 1 saturated heterocycles. The molecule has 4 aromatic rings. The van der Waals surface area contributed by atoms with Crippen LogP contribution in [0, 0.1) is 13.5 Å². The van der Waals surface area contributed by atoms with Crippen molar-refractivity contribution < 1.29 is 5.11 Å². The van der Waals surface area contributed by atoms with Crippen LogP contribution in [0.5, 0.6) is 0 Å². The quantitative estimate of drug-likeness (QED) is 0.433. The second-order valence-corrected chi connectivity index (χ2v) is 9.40. The molecule has 2 N–H and O–H groups in total. The minimum absolute atomic E-state index is 0.0740. The van der Waals surface area contributed by atoms with E-state index in [1.165, 1.54) is 22.8 Å². The molecule has 3 aromatic heterocycles. The van der Waals surface area contributed by atoms with Crippen LogP contribution < -0.4 is 0 Å². The maximum absolute atomic E-state index is 10.0. The number of likely N-dealkylation sites (tertiary alicyclic amines) is 1. The Bertz CT molecular complexity index is 1350. The number of H-pyrrole nitrogens is 1. The highest BCUT2D eigenvalue weighted by atomic mass is 16.3. The number of nitrogens with zero attached hydrogens (tertiary/aromatic N) is 5. The summed E-state index contributed by atoms with van der Waals surface area (Å²) in [5, 5.41) is 15.7. The predicted octanol–water partition coefficient (Wildman–Crippen LogP) is 4.86. The van der Waals surface area contributed by atoms with Crippen LogP contribution >= 0.6 is 0 Å². The molecule has 7 nitrogen and oxygen atoms in total. The summed E-state index contributed by atoms with van der Waals surface area (Å²) >= 11 is 0. The van der Waals surface area contributed by atoms with Crippen molar-refractivity contribution in [3.05, 3.63) is 64.4 Å². The third-order valence-electron chi connectivity index (χ3n) is 7.15. The van der Waals surface area contributed by atoms with E-state index in [4.69, 9.17) is 6.57 Å². The van der Waals surface area contributed by atoms with Crippen molar-refractivity contribution in [2.75, 3.05) is 19.8 Å². The highest BCUT2D eigenvalue weighted by Crippen LogP contribution is 2.40. The number of nitrogens with one attached hydrogen (secondary N) is 1. The molecule has 0 spiro atoms. The largest absolute Gasteiger partial charge is 0.392 e. The summed E-state index contributed by atoms with van der Waals surface area (Å²) in [5.74, 6) is 0.858. The van der Waals surface area contributed by atoms with Gasteiger partial charge in [-0.3, -0.25) is 4.85 Å². The van der Waals surface area contributed by atoms with Gasteiger partial charge in [0.1, 0.15) is 6.33 Å². The number of pyridine rings is 1. The molecule has 0 radical (unpaired) electrons. The van der Waals surface area contributed by atoms with Crippen molar-refractivity contribution in [2.24, 2.45) is 0 Å². The van der Waals surface area contributed by atoms with Crippen LogP contribution in [0.2, 0.25) is 0 Å². The first kappa shape index (κ1) is 21.6. The molecule has 1 aliphatic heterocycles. The van der Waals surface area contributed by atoms with Crippen LogP contribution in [0.3, 0.4) is 0 Å². The van der Waals surface area contributed by atoms with Gasteiger partial charge in [-0.05, 0) is 60.4 Å². The zero-order valence-corrected chi connectivity index (χ0v) is 19.5. The van der Waals surface area contributed by atoms with Crippen molar-refractivity contribution in [2.45, 2.75) is 52.1 Å². The maximum atomic E-state index is 10.0. The Morgan fingerprint density at radius 3 is 2.76 bits per heavy atom. The lowest BCUT2D eigenvalue weighted by Gasteiger charge is -2.28. The smallest absolute Gasteiger partial charge is 0.270 e. The van der Waals surface area contributed by atoms with Crippen LogP contribution in [0.1, 0.15) is 60.8 Å². The fourth-order valence-electron chi connectivity index (χ4n) is 5.36. The van der Waals surface area contributed by atoms with E-state index in [2.05, 4.69) is 56.9 Å². The molecule has 0 amide bonds. The number of hydrogen-bond donors (Lipinski definition) is 2. The van der Waals surface area contributed by atoms with Gasteiger partial charge in [0.05, 0.1) is 12.3 Å². The van der Waals surface area contributed by atoms with Crippen molar-refractivity contribution in [3.63, 3.8) is 0 Å². The second-order valence-electron chi connectivity index (χ2n) is 9.40. The Labute approximate surface area is 193 Å². The van der Waals surface area contributed by atoms with Crippen LogP contribution in [0.25, 0.3) is 32.7 Å². The molecular weight excluding hydrogens is 412 g/mol. The van der Waals surface area contributed by atoms with Gasteiger partial charge in [-0.1, -0.05) is 19.9 Å². The van der Waals surface area contributed by atoms with E-state index in [1.807, 2.05) is 13.1 Å². The van der Waals surface area contributed by atoms with Gasteiger partial charge in [0.2, 0.25) is 0 Å². The van der Waals surface area contributed by atoms with E-state index in [-0.39, 0.29) is 6.61 Å². The van der Waals surface area contributed by atoms with Crippen LogP contribution in [0.4, 0.5) is 0 Å². The third kappa shape index (κ3) is 3.69. The first-order chi connectivity index (χ1) is 16.0. The normalized spacial score (nSPS) is 15.6. The van der Waals surface area contributed by atoms with E-state index in [0.717, 1.165) is 53.8 Å².